The van der Waals surface area contributed by atoms with Gasteiger partial charge in [0.05, 0.1) is 11.6 Å². The molecule has 2 aromatic rings. The van der Waals surface area contributed by atoms with E-state index in [1.165, 1.54) is 6.07 Å². The lowest BCUT2D eigenvalue weighted by molar-refractivity contribution is -0.137. The van der Waals surface area contributed by atoms with Crippen LogP contribution in [0.25, 0.3) is 0 Å². The average molecular weight is 335 g/mol. The molecule has 1 amide bonds. The Hall–Kier alpha value is -2.50. The second kappa shape index (κ2) is 6.19. The summed E-state index contributed by atoms with van der Waals surface area (Å²) in [5.41, 5.74) is 0.615. The van der Waals surface area contributed by atoms with E-state index in [2.05, 4.69) is 5.32 Å². The number of carbonyl (C=O) groups excluding carboxylic acids is 1. The van der Waals surface area contributed by atoms with Gasteiger partial charge in [0, 0.05) is 6.42 Å². The van der Waals surface area contributed by atoms with Crippen LogP contribution < -0.4 is 10.1 Å². The molecule has 6 heteroatoms. The van der Waals surface area contributed by atoms with Crippen LogP contribution in [0.5, 0.6) is 5.75 Å². The number of carbonyl (C=O) groups is 1. The molecule has 24 heavy (non-hydrogen) atoms. The molecule has 1 N–H and O–H groups in total. The van der Waals surface area contributed by atoms with Crippen molar-refractivity contribution in [2.24, 2.45) is 0 Å². The van der Waals surface area contributed by atoms with E-state index >= 15 is 0 Å². The van der Waals surface area contributed by atoms with E-state index in [0.717, 1.165) is 17.7 Å². The van der Waals surface area contributed by atoms with Gasteiger partial charge in [0.25, 0.3) is 5.91 Å². The van der Waals surface area contributed by atoms with E-state index in [1.807, 2.05) is 18.2 Å². The van der Waals surface area contributed by atoms with E-state index < -0.39 is 23.9 Å². The Morgan fingerprint density at radius 3 is 2.67 bits per heavy atom. The zero-order valence-corrected chi connectivity index (χ0v) is 12.9. The molecular weight excluding hydrogens is 319 g/mol. The minimum atomic E-state index is -4.41. The van der Waals surface area contributed by atoms with Crippen molar-refractivity contribution in [3.05, 3.63) is 65.2 Å². The van der Waals surface area contributed by atoms with Gasteiger partial charge in [0.1, 0.15) is 5.75 Å². The Bertz CT molecular complexity index is 733. The topological polar surface area (TPSA) is 38.3 Å². The van der Waals surface area contributed by atoms with Crippen LogP contribution in [0.3, 0.4) is 0 Å². The predicted molar refractivity (Wildman–Crippen MR) is 82.6 cm³/mol. The van der Waals surface area contributed by atoms with E-state index in [4.69, 9.17) is 4.74 Å². The molecule has 1 aliphatic rings. The first-order valence-corrected chi connectivity index (χ1v) is 7.56. The van der Waals surface area contributed by atoms with Gasteiger partial charge in [0.15, 0.2) is 6.10 Å². The van der Waals surface area contributed by atoms with Crippen LogP contribution in [0.4, 0.5) is 13.2 Å². The van der Waals surface area contributed by atoms with E-state index in [0.29, 0.717) is 17.7 Å². The third-order valence-electron chi connectivity index (χ3n) is 4.01. The monoisotopic (exact) mass is 335 g/mol. The summed E-state index contributed by atoms with van der Waals surface area (Å²) in [7, 11) is 0. The van der Waals surface area contributed by atoms with Crippen LogP contribution in [0, 0.1) is 0 Å². The minimum absolute atomic E-state index is 0.337. The fraction of sp³-hybridized carbons (Fsp3) is 0.278. The minimum Gasteiger partial charge on any atom is -0.480 e. The maximum atomic E-state index is 12.8. The van der Waals surface area contributed by atoms with Crippen molar-refractivity contribution in [2.75, 3.05) is 0 Å². The van der Waals surface area contributed by atoms with Crippen LogP contribution in [0.15, 0.2) is 48.5 Å². The average Bonchev–Trinajstić information content (AvgIpc) is 2.98. The van der Waals surface area contributed by atoms with Crippen LogP contribution in [-0.2, 0) is 17.4 Å². The third kappa shape index (κ3) is 3.37. The third-order valence-corrected chi connectivity index (χ3v) is 4.01. The molecule has 126 valence electrons. The molecular formula is C18H16F3NO2. The van der Waals surface area contributed by atoms with Crippen molar-refractivity contribution in [3.8, 4) is 5.75 Å². The van der Waals surface area contributed by atoms with Crippen molar-refractivity contribution in [2.45, 2.75) is 31.7 Å². The molecule has 0 saturated carbocycles. The van der Waals surface area contributed by atoms with Gasteiger partial charge in [-0.2, -0.15) is 13.2 Å². The first kappa shape index (κ1) is 16.4. The summed E-state index contributed by atoms with van der Waals surface area (Å²) in [6.07, 6.45) is -4.61. The molecule has 2 unspecified atom stereocenters. The molecule has 0 aromatic heterocycles. The largest absolute Gasteiger partial charge is 0.480 e. The van der Waals surface area contributed by atoms with Crippen LogP contribution in [-0.4, -0.2) is 12.0 Å². The standard InChI is InChI=1S/C18H16F3NO2/c1-11(12-6-4-7-14(9-12)18(19,20)21)22-17(23)16-10-13-5-2-3-8-15(13)24-16/h2-9,11,16H,10H2,1H3,(H,22,23). The summed E-state index contributed by atoms with van der Waals surface area (Å²) in [5, 5.41) is 2.72. The zero-order chi connectivity index (χ0) is 17.3. The summed E-state index contributed by atoms with van der Waals surface area (Å²) in [5.74, 6) is 0.334. The smallest absolute Gasteiger partial charge is 0.416 e. The number of fused-ring (bicyclic) bond motifs is 1. The molecule has 1 aliphatic heterocycles. The van der Waals surface area contributed by atoms with Gasteiger partial charge in [0.2, 0.25) is 0 Å². The molecule has 3 rings (SSSR count). The SMILES string of the molecule is CC(NC(=O)C1Cc2ccccc2O1)c1cccc(C(F)(F)F)c1. The lowest BCUT2D eigenvalue weighted by Crippen LogP contribution is -2.38. The lowest BCUT2D eigenvalue weighted by Gasteiger charge is -2.18. The maximum absolute atomic E-state index is 12.8. The molecule has 0 aliphatic carbocycles. The molecule has 0 fully saturated rings. The maximum Gasteiger partial charge on any atom is 0.416 e. The van der Waals surface area contributed by atoms with Crippen molar-refractivity contribution in [1.29, 1.82) is 0 Å². The lowest BCUT2D eigenvalue weighted by atomic mass is 10.0. The van der Waals surface area contributed by atoms with Crippen molar-refractivity contribution in [1.82, 2.24) is 5.32 Å². The molecule has 0 spiro atoms. The van der Waals surface area contributed by atoms with Crippen molar-refractivity contribution in [3.63, 3.8) is 0 Å². The van der Waals surface area contributed by atoms with Gasteiger partial charge in [-0.3, -0.25) is 4.79 Å². The summed E-state index contributed by atoms with van der Waals surface area (Å²) < 4.78 is 43.9. The highest BCUT2D eigenvalue weighted by Gasteiger charge is 2.32. The Morgan fingerprint density at radius 2 is 1.96 bits per heavy atom. The van der Waals surface area contributed by atoms with E-state index in [1.54, 1.807) is 19.1 Å². The highest BCUT2D eigenvalue weighted by molar-refractivity contribution is 5.82. The van der Waals surface area contributed by atoms with Gasteiger partial charge in [-0.15, -0.1) is 0 Å². The summed E-state index contributed by atoms with van der Waals surface area (Å²) in [6, 6.07) is 11.8. The van der Waals surface area contributed by atoms with Gasteiger partial charge in [-0.05, 0) is 36.2 Å². The number of alkyl halides is 3. The summed E-state index contributed by atoms with van der Waals surface area (Å²) in [6.45, 7) is 1.65. The molecule has 0 radical (unpaired) electrons. The Labute approximate surface area is 137 Å². The first-order valence-electron chi connectivity index (χ1n) is 7.56. The van der Waals surface area contributed by atoms with Gasteiger partial charge in [-0.1, -0.05) is 30.3 Å². The molecule has 3 nitrogen and oxygen atoms in total. The number of rotatable bonds is 3. The molecule has 0 saturated heterocycles. The van der Waals surface area contributed by atoms with Gasteiger partial charge >= 0.3 is 6.18 Å². The quantitative estimate of drug-likeness (QED) is 0.924. The Morgan fingerprint density at radius 1 is 1.21 bits per heavy atom. The van der Waals surface area contributed by atoms with Gasteiger partial charge < -0.3 is 10.1 Å². The summed E-state index contributed by atoms with van der Waals surface area (Å²) >= 11 is 0. The zero-order valence-electron chi connectivity index (χ0n) is 12.9. The highest BCUT2D eigenvalue weighted by Crippen LogP contribution is 2.31. The van der Waals surface area contributed by atoms with Crippen LogP contribution >= 0.6 is 0 Å². The molecule has 2 aromatic carbocycles. The number of benzene rings is 2. The van der Waals surface area contributed by atoms with Crippen LogP contribution in [0.2, 0.25) is 0 Å². The summed E-state index contributed by atoms with van der Waals surface area (Å²) in [4.78, 5) is 12.3. The predicted octanol–water partition coefficient (Wildman–Crippen LogP) is 3.89. The number of ether oxygens (including phenoxy) is 1. The second-order valence-corrected chi connectivity index (χ2v) is 5.77. The molecule has 0 bridgehead atoms. The van der Waals surface area contributed by atoms with E-state index in [-0.39, 0.29) is 5.91 Å². The Balaban J connectivity index is 1.67. The second-order valence-electron chi connectivity index (χ2n) is 5.77. The number of para-hydroxylation sites is 1. The van der Waals surface area contributed by atoms with E-state index in [9.17, 15) is 18.0 Å². The number of nitrogens with one attached hydrogen (secondary N) is 1. The molecule has 2 atom stereocenters. The number of halogens is 3. The first-order chi connectivity index (χ1) is 11.3. The van der Waals surface area contributed by atoms with Crippen LogP contribution in [0.1, 0.15) is 29.7 Å². The normalized spacial score (nSPS) is 17.8. The number of hydrogen-bond donors (Lipinski definition) is 1. The highest BCUT2D eigenvalue weighted by atomic mass is 19.4. The molecule has 1 heterocycles. The van der Waals surface area contributed by atoms with Gasteiger partial charge in [-0.25, -0.2) is 0 Å². The fourth-order valence-electron chi connectivity index (χ4n) is 2.70. The fourth-order valence-corrected chi connectivity index (χ4v) is 2.70. The Kier molecular flexibility index (Phi) is 4.22. The van der Waals surface area contributed by atoms with Crippen molar-refractivity contribution >= 4 is 5.91 Å². The number of hydrogen-bond acceptors (Lipinski definition) is 2. The number of amides is 1. The van der Waals surface area contributed by atoms with Crippen molar-refractivity contribution < 1.29 is 22.7 Å².